The van der Waals surface area contributed by atoms with E-state index in [1.165, 1.54) is 19.1 Å². The van der Waals surface area contributed by atoms with Gasteiger partial charge in [0, 0.05) is 17.7 Å². The smallest absolute Gasteiger partial charge is 0.296 e. The lowest BCUT2D eigenvalue weighted by Crippen LogP contribution is -2.01. The number of aryl methyl sites for hydroxylation is 1. The lowest BCUT2D eigenvalue weighted by atomic mass is 10.1. The number of nitro benzene ring substituents is 1. The van der Waals surface area contributed by atoms with Crippen LogP contribution in [0.5, 0.6) is 11.5 Å². The summed E-state index contributed by atoms with van der Waals surface area (Å²) in [5.41, 5.74) is -0.887. The monoisotopic (exact) mass is 483 g/mol. The van der Waals surface area contributed by atoms with E-state index >= 15 is 0 Å². The van der Waals surface area contributed by atoms with Crippen molar-refractivity contribution in [3.05, 3.63) is 52.1 Å². The van der Waals surface area contributed by atoms with E-state index < -0.39 is 57.5 Å². The van der Waals surface area contributed by atoms with Crippen LogP contribution in [0.1, 0.15) is 5.56 Å². The molecule has 0 aliphatic rings. The Morgan fingerprint density at radius 3 is 2.16 bits per heavy atom. The van der Waals surface area contributed by atoms with Crippen molar-refractivity contribution in [3.63, 3.8) is 0 Å². The average Bonchev–Trinajstić information content (AvgIpc) is 2.66. The molecular formula is C17H13N3O10S2. The number of azo groups is 1. The maximum Gasteiger partial charge on any atom is 0.296 e. The Bertz CT molecular complexity index is 1530. The molecule has 4 N–H and O–H groups in total. The maximum absolute atomic E-state index is 11.8. The molecular weight excluding hydrogens is 470 g/mol. The lowest BCUT2D eigenvalue weighted by Gasteiger charge is -2.11. The first-order valence-corrected chi connectivity index (χ1v) is 11.2. The molecule has 15 heteroatoms. The molecule has 13 nitrogen and oxygen atoms in total. The van der Waals surface area contributed by atoms with Gasteiger partial charge in [0.05, 0.1) is 20.9 Å². The van der Waals surface area contributed by atoms with Gasteiger partial charge in [-0.15, -0.1) is 5.11 Å². The van der Waals surface area contributed by atoms with Crippen molar-refractivity contribution < 1.29 is 41.1 Å². The molecule has 0 aliphatic carbocycles. The number of benzene rings is 3. The first-order valence-electron chi connectivity index (χ1n) is 8.34. The van der Waals surface area contributed by atoms with E-state index in [0.29, 0.717) is 17.7 Å². The topological polar surface area (TPSA) is 217 Å². The molecule has 0 amide bonds. The molecule has 0 saturated carbocycles. The molecule has 3 rings (SSSR count). The van der Waals surface area contributed by atoms with E-state index in [2.05, 4.69) is 10.2 Å². The number of phenolic OH excluding ortho intramolecular Hbond substituents is 2. The first-order chi connectivity index (χ1) is 14.7. The van der Waals surface area contributed by atoms with Crippen LogP contribution in [0.25, 0.3) is 10.8 Å². The summed E-state index contributed by atoms with van der Waals surface area (Å²) in [5, 5.41) is 38.1. The molecule has 0 fully saturated rings. The number of nitrogens with zero attached hydrogens (tertiary/aromatic N) is 3. The second-order valence-corrected chi connectivity index (χ2v) is 9.30. The third-order valence-corrected chi connectivity index (χ3v) is 6.03. The molecule has 32 heavy (non-hydrogen) atoms. The molecule has 168 valence electrons. The van der Waals surface area contributed by atoms with Gasteiger partial charge in [-0.2, -0.15) is 21.9 Å². The second-order valence-electron chi connectivity index (χ2n) is 6.49. The zero-order chi connectivity index (χ0) is 24.0. The maximum atomic E-state index is 11.8. The second kappa shape index (κ2) is 7.79. The van der Waals surface area contributed by atoms with Crippen LogP contribution in [0.15, 0.2) is 56.4 Å². The van der Waals surface area contributed by atoms with E-state index in [9.17, 15) is 41.7 Å². The van der Waals surface area contributed by atoms with Gasteiger partial charge in [-0.25, -0.2) is 0 Å². The van der Waals surface area contributed by atoms with E-state index in [1.807, 2.05) is 0 Å². The summed E-state index contributed by atoms with van der Waals surface area (Å²) in [6.07, 6.45) is 0. The van der Waals surface area contributed by atoms with Gasteiger partial charge in [-0.1, -0.05) is 6.07 Å². The average molecular weight is 483 g/mol. The molecule has 3 aromatic rings. The van der Waals surface area contributed by atoms with Crippen molar-refractivity contribution in [2.24, 2.45) is 10.2 Å². The Labute approximate surface area is 179 Å². The van der Waals surface area contributed by atoms with Crippen LogP contribution in [-0.2, 0) is 20.2 Å². The Balaban J connectivity index is 2.30. The third kappa shape index (κ3) is 4.35. The van der Waals surface area contributed by atoms with Crippen molar-refractivity contribution in [2.75, 3.05) is 0 Å². The largest absolute Gasteiger partial charge is 0.507 e. The lowest BCUT2D eigenvalue weighted by molar-refractivity contribution is -0.385. The predicted octanol–water partition coefficient (Wildman–Crippen LogP) is 3.38. The molecule has 0 radical (unpaired) electrons. The minimum Gasteiger partial charge on any atom is -0.507 e. The number of nitro groups is 1. The van der Waals surface area contributed by atoms with Crippen molar-refractivity contribution in [1.29, 1.82) is 0 Å². The molecule has 3 aromatic carbocycles. The number of phenols is 2. The summed E-state index contributed by atoms with van der Waals surface area (Å²) < 4.78 is 65.1. The molecule has 0 unspecified atom stereocenters. The highest BCUT2D eigenvalue weighted by Gasteiger charge is 2.25. The minimum absolute atomic E-state index is 0.0889. The molecule has 0 bridgehead atoms. The Morgan fingerprint density at radius 2 is 1.59 bits per heavy atom. The first kappa shape index (κ1) is 23.0. The molecule has 0 heterocycles. The SMILES string of the molecule is Cc1ccc(N=Nc2c(S(=O)(=O)O)cc3cc(S(=O)(=O)O)cc(O)c3c2O)cc1[N+](=O)[O-]. The third-order valence-electron chi connectivity index (χ3n) is 4.33. The van der Waals surface area contributed by atoms with Crippen molar-refractivity contribution in [2.45, 2.75) is 16.7 Å². The van der Waals surface area contributed by atoms with Crippen LogP contribution in [0.3, 0.4) is 0 Å². The number of rotatable bonds is 5. The Morgan fingerprint density at radius 1 is 0.938 bits per heavy atom. The molecule has 0 saturated heterocycles. The highest BCUT2D eigenvalue weighted by molar-refractivity contribution is 7.86. The number of hydrogen-bond donors (Lipinski definition) is 4. The summed E-state index contributed by atoms with van der Waals surface area (Å²) in [6.45, 7) is 1.48. The van der Waals surface area contributed by atoms with Gasteiger partial charge in [-0.3, -0.25) is 19.2 Å². The number of hydrogen-bond acceptors (Lipinski definition) is 10. The number of aromatic hydroxyl groups is 2. The van der Waals surface area contributed by atoms with Crippen LogP contribution in [-0.4, -0.2) is 41.1 Å². The fourth-order valence-corrected chi connectivity index (χ4v) is 4.04. The van der Waals surface area contributed by atoms with E-state index in [1.54, 1.807) is 0 Å². The van der Waals surface area contributed by atoms with E-state index in [-0.39, 0.29) is 16.8 Å². The normalized spacial score (nSPS) is 12.5. The van der Waals surface area contributed by atoms with Gasteiger partial charge in [-0.05, 0) is 30.5 Å². The van der Waals surface area contributed by atoms with Crippen LogP contribution in [0, 0.1) is 17.0 Å². The fourth-order valence-electron chi connectivity index (χ4n) is 2.85. The molecule has 0 aliphatic heterocycles. The van der Waals surface area contributed by atoms with Crippen LogP contribution < -0.4 is 0 Å². The number of fused-ring (bicyclic) bond motifs is 1. The molecule has 0 spiro atoms. The van der Waals surface area contributed by atoms with Crippen LogP contribution in [0.4, 0.5) is 17.1 Å². The van der Waals surface area contributed by atoms with Crippen LogP contribution >= 0.6 is 0 Å². The quantitative estimate of drug-likeness (QED) is 0.179. The van der Waals surface area contributed by atoms with Gasteiger partial charge in [0.15, 0.2) is 5.75 Å². The van der Waals surface area contributed by atoms with Gasteiger partial charge < -0.3 is 10.2 Å². The highest BCUT2D eigenvalue weighted by Crippen LogP contribution is 2.45. The van der Waals surface area contributed by atoms with Crippen molar-refractivity contribution in [3.8, 4) is 11.5 Å². The minimum atomic E-state index is -5.06. The summed E-state index contributed by atoms with van der Waals surface area (Å²) in [4.78, 5) is 8.59. The van der Waals surface area contributed by atoms with E-state index in [4.69, 9.17) is 4.55 Å². The van der Waals surface area contributed by atoms with Gasteiger partial charge >= 0.3 is 0 Å². The van der Waals surface area contributed by atoms with Crippen molar-refractivity contribution >= 4 is 48.1 Å². The Kier molecular flexibility index (Phi) is 5.60. The zero-order valence-corrected chi connectivity index (χ0v) is 17.5. The summed E-state index contributed by atoms with van der Waals surface area (Å²) >= 11 is 0. The molecule has 0 atom stereocenters. The van der Waals surface area contributed by atoms with Gasteiger partial charge in [0.1, 0.15) is 16.3 Å². The molecule has 0 aromatic heterocycles. The fraction of sp³-hybridized carbons (Fsp3) is 0.0588. The summed E-state index contributed by atoms with van der Waals surface area (Å²) in [5.74, 6) is -1.84. The van der Waals surface area contributed by atoms with Crippen molar-refractivity contribution in [1.82, 2.24) is 0 Å². The Hall–Kier alpha value is -3.66. The van der Waals surface area contributed by atoms with E-state index in [0.717, 1.165) is 12.1 Å². The van der Waals surface area contributed by atoms with Crippen LogP contribution in [0.2, 0.25) is 0 Å². The zero-order valence-electron chi connectivity index (χ0n) is 15.9. The van der Waals surface area contributed by atoms with Gasteiger partial charge in [0.25, 0.3) is 25.9 Å². The highest BCUT2D eigenvalue weighted by atomic mass is 32.2. The summed E-state index contributed by atoms with van der Waals surface area (Å²) in [6, 6.07) is 5.79. The van der Waals surface area contributed by atoms with Gasteiger partial charge in [0.2, 0.25) is 0 Å². The standard InChI is InChI=1S/C17H13N3O10S2/c1-8-2-3-10(6-12(8)20(23)24)18-19-16-14(32(28,29)30)5-9-4-11(31(25,26)27)7-13(21)15(9)17(16)22/h2-7,21-22H,1H3,(H,25,26,27)(H,28,29,30). The summed E-state index contributed by atoms with van der Waals surface area (Å²) in [7, 11) is -9.86. The predicted molar refractivity (Wildman–Crippen MR) is 109 cm³/mol.